The van der Waals surface area contributed by atoms with Gasteiger partial charge in [-0.05, 0) is 13.0 Å². The van der Waals surface area contributed by atoms with Crippen molar-refractivity contribution < 1.29 is 23.2 Å². The number of rotatable bonds is 5. The maximum atomic E-state index is 12.5. The number of nitrogens with zero attached hydrogens (tertiary/aromatic N) is 3. The molecule has 1 N–H and O–H groups in total. The minimum absolute atomic E-state index is 0.133. The number of hydrogen-bond acceptors (Lipinski definition) is 6. The molecule has 0 aliphatic carbocycles. The van der Waals surface area contributed by atoms with E-state index in [4.69, 9.17) is 5.11 Å². The largest absolute Gasteiger partial charge is 0.480 e. The fourth-order valence-corrected chi connectivity index (χ4v) is 3.86. The van der Waals surface area contributed by atoms with E-state index in [9.17, 15) is 23.3 Å². The van der Waals surface area contributed by atoms with Crippen molar-refractivity contribution in [3.8, 4) is 0 Å². The van der Waals surface area contributed by atoms with Gasteiger partial charge < -0.3 is 5.11 Å². The van der Waals surface area contributed by atoms with Gasteiger partial charge in [-0.3, -0.25) is 19.8 Å². The van der Waals surface area contributed by atoms with Gasteiger partial charge in [-0.1, -0.05) is 6.07 Å². The van der Waals surface area contributed by atoms with Crippen LogP contribution in [0.1, 0.15) is 6.92 Å². The van der Waals surface area contributed by atoms with Crippen molar-refractivity contribution >= 4 is 21.7 Å². The van der Waals surface area contributed by atoms with Crippen LogP contribution < -0.4 is 0 Å². The van der Waals surface area contributed by atoms with Crippen molar-refractivity contribution in [1.82, 2.24) is 9.21 Å². The first-order valence-electron chi connectivity index (χ1n) is 6.95. The quantitative estimate of drug-likeness (QED) is 0.605. The third-order valence-electron chi connectivity index (χ3n) is 3.84. The van der Waals surface area contributed by atoms with Crippen LogP contribution in [0.3, 0.4) is 0 Å². The van der Waals surface area contributed by atoms with Crippen LogP contribution in [-0.4, -0.2) is 65.8 Å². The summed E-state index contributed by atoms with van der Waals surface area (Å²) in [5, 5.41) is 19.8. The summed E-state index contributed by atoms with van der Waals surface area (Å²) in [5.74, 6) is -0.958. The minimum Gasteiger partial charge on any atom is -0.480 e. The van der Waals surface area contributed by atoms with E-state index in [0.29, 0.717) is 13.1 Å². The Bertz CT molecular complexity index is 712. The van der Waals surface area contributed by atoms with E-state index in [2.05, 4.69) is 0 Å². The average Bonchev–Trinajstić information content (AvgIpc) is 2.54. The Labute approximate surface area is 133 Å². The molecule has 1 aliphatic heterocycles. The van der Waals surface area contributed by atoms with E-state index in [-0.39, 0.29) is 23.7 Å². The van der Waals surface area contributed by atoms with Gasteiger partial charge >= 0.3 is 5.97 Å². The second kappa shape index (κ2) is 6.60. The lowest BCUT2D eigenvalue weighted by Crippen LogP contribution is -2.53. The molecule has 2 rings (SSSR count). The molecule has 0 bridgehead atoms. The molecule has 1 saturated heterocycles. The average molecular weight is 343 g/mol. The van der Waals surface area contributed by atoms with E-state index >= 15 is 0 Å². The van der Waals surface area contributed by atoms with Gasteiger partial charge in [0, 0.05) is 38.3 Å². The highest BCUT2D eigenvalue weighted by Gasteiger charge is 2.32. The molecule has 0 saturated carbocycles. The molecule has 0 spiro atoms. The van der Waals surface area contributed by atoms with Gasteiger partial charge in [-0.2, -0.15) is 4.31 Å². The van der Waals surface area contributed by atoms with E-state index in [0.717, 1.165) is 6.07 Å². The van der Waals surface area contributed by atoms with Crippen LogP contribution in [0.2, 0.25) is 0 Å². The van der Waals surface area contributed by atoms with E-state index in [1.807, 2.05) is 0 Å². The van der Waals surface area contributed by atoms with Crippen LogP contribution in [-0.2, 0) is 14.8 Å². The minimum atomic E-state index is -3.83. The third-order valence-corrected chi connectivity index (χ3v) is 5.74. The number of aliphatic carboxylic acids is 1. The zero-order valence-electron chi connectivity index (χ0n) is 12.5. The SMILES string of the molecule is CC(C(=O)O)N1CCN(S(=O)(=O)c2cccc([N+](=O)[O-])c2)CC1. The normalized spacial score (nSPS) is 18.5. The summed E-state index contributed by atoms with van der Waals surface area (Å²) in [5.41, 5.74) is -0.288. The predicted octanol–water partition coefficient (Wildman–Crippen LogP) is 0.374. The molecule has 1 aliphatic rings. The number of carboxylic acid groups (broad SMARTS) is 1. The Morgan fingerprint density at radius 2 is 1.91 bits per heavy atom. The van der Waals surface area contributed by atoms with Crippen molar-refractivity contribution in [2.45, 2.75) is 17.9 Å². The van der Waals surface area contributed by atoms with Crippen molar-refractivity contribution in [1.29, 1.82) is 0 Å². The maximum absolute atomic E-state index is 12.5. The zero-order chi connectivity index (χ0) is 17.2. The first-order chi connectivity index (χ1) is 10.7. The summed E-state index contributed by atoms with van der Waals surface area (Å²) >= 11 is 0. The Morgan fingerprint density at radius 1 is 1.30 bits per heavy atom. The van der Waals surface area contributed by atoms with Crippen LogP contribution in [0.4, 0.5) is 5.69 Å². The van der Waals surface area contributed by atoms with Crippen molar-refractivity contribution in [3.63, 3.8) is 0 Å². The summed E-state index contributed by atoms with van der Waals surface area (Å²) in [6.07, 6.45) is 0. The van der Waals surface area contributed by atoms with Gasteiger partial charge in [0.1, 0.15) is 6.04 Å². The molecule has 1 aromatic carbocycles. The number of non-ortho nitro benzene ring substituents is 1. The Balaban J connectivity index is 2.15. The smallest absolute Gasteiger partial charge is 0.320 e. The summed E-state index contributed by atoms with van der Waals surface area (Å²) in [6, 6.07) is 4.22. The Kier molecular flexibility index (Phi) is 4.97. The van der Waals surface area contributed by atoms with Crippen LogP contribution in [0.5, 0.6) is 0 Å². The molecule has 1 unspecified atom stereocenters. The number of piperazine rings is 1. The Morgan fingerprint density at radius 3 is 2.43 bits per heavy atom. The molecule has 0 amide bonds. The standard InChI is InChI=1S/C13H17N3O6S/c1-10(13(17)18)14-5-7-15(8-6-14)23(21,22)12-4-2-3-11(9-12)16(19)20/h2-4,9-10H,5-8H2,1H3,(H,17,18). The van der Waals surface area contributed by atoms with Gasteiger partial charge in [0.15, 0.2) is 0 Å². The fourth-order valence-electron chi connectivity index (χ4n) is 2.39. The lowest BCUT2D eigenvalue weighted by Gasteiger charge is -2.35. The number of carboxylic acids is 1. The van der Waals surface area contributed by atoms with E-state index in [1.165, 1.54) is 22.5 Å². The van der Waals surface area contributed by atoms with Crippen LogP contribution in [0, 0.1) is 10.1 Å². The summed E-state index contributed by atoms with van der Waals surface area (Å²) in [7, 11) is -3.83. The van der Waals surface area contributed by atoms with E-state index < -0.39 is 27.0 Å². The summed E-state index contributed by atoms with van der Waals surface area (Å²) in [6.45, 7) is 2.42. The van der Waals surface area contributed by atoms with Gasteiger partial charge in [-0.25, -0.2) is 8.42 Å². The molecular weight excluding hydrogens is 326 g/mol. The van der Waals surface area contributed by atoms with Crippen molar-refractivity contribution in [2.75, 3.05) is 26.2 Å². The molecule has 1 aromatic rings. The van der Waals surface area contributed by atoms with Crippen molar-refractivity contribution in [3.05, 3.63) is 34.4 Å². The molecule has 126 valence electrons. The number of nitro groups is 1. The van der Waals surface area contributed by atoms with Crippen LogP contribution in [0.25, 0.3) is 0 Å². The second-order valence-corrected chi connectivity index (χ2v) is 7.15. The lowest BCUT2D eigenvalue weighted by atomic mass is 10.2. The molecule has 1 fully saturated rings. The number of hydrogen-bond donors (Lipinski definition) is 1. The first kappa shape index (κ1) is 17.3. The number of nitro benzene ring substituents is 1. The number of carbonyl (C=O) groups is 1. The monoisotopic (exact) mass is 343 g/mol. The Hall–Kier alpha value is -2.04. The highest BCUT2D eigenvalue weighted by Crippen LogP contribution is 2.22. The van der Waals surface area contributed by atoms with Gasteiger partial charge in [0.05, 0.1) is 9.82 Å². The van der Waals surface area contributed by atoms with Crippen LogP contribution in [0.15, 0.2) is 29.2 Å². The highest BCUT2D eigenvalue weighted by atomic mass is 32.2. The summed E-state index contributed by atoms with van der Waals surface area (Å²) in [4.78, 5) is 22.6. The van der Waals surface area contributed by atoms with E-state index in [1.54, 1.807) is 11.8 Å². The molecule has 1 heterocycles. The molecule has 0 radical (unpaired) electrons. The van der Waals surface area contributed by atoms with Gasteiger partial charge in [0.2, 0.25) is 10.0 Å². The molecule has 9 nitrogen and oxygen atoms in total. The molecule has 10 heteroatoms. The molecule has 23 heavy (non-hydrogen) atoms. The second-order valence-electron chi connectivity index (χ2n) is 5.21. The predicted molar refractivity (Wildman–Crippen MR) is 80.5 cm³/mol. The highest BCUT2D eigenvalue weighted by molar-refractivity contribution is 7.89. The number of benzene rings is 1. The van der Waals surface area contributed by atoms with Crippen molar-refractivity contribution in [2.24, 2.45) is 0 Å². The topological polar surface area (TPSA) is 121 Å². The van der Waals surface area contributed by atoms with Gasteiger partial charge in [-0.15, -0.1) is 0 Å². The number of sulfonamides is 1. The summed E-state index contributed by atoms with van der Waals surface area (Å²) < 4.78 is 26.3. The zero-order valence-corrected chi connectivity index (χ0v) is 13.3. The maximum Gasteiger partial charge on any atom is 0.320 e. The molecular formula is C13H17N3O6S. The molecule has 0 aromatic heterocycles. The van der Waals surface area contributed by atoms with Crippen LogP contribution >= 0.6 is 0 Å². The molecule has 1 atom stereocenters. The first-order valence-corrected chi connectivity index (χ1v) is 8.39. The lowest BCUT2D eigenvalue weighted by molar-refractivity contribution is -0.385. The fraction of sp³-hybridized carbons (Fsp3) is 0.462. The van der Waals surface area contributed by atoms with Gasteiger partial charge in [0.25, 0.3) is 5.69 Å². The third kappa shape index (κ3) is 3.66.